The molecular formula is C77H141NO18. The highest BCUT2D eigenvalue weighted by atomic mass is 16.8. The number of hydrogen-bond acceptors (Lipinski definition) is 18. The summed E-state index contributed by atoms with van der Waals surface area (Å²) in [5, 5.41) is 120. The van der Waals surface area contributed by atoms with Crippen molar-refractivity contribution in [3.05, 3.63) is 48.6 Å². The van der Waals surface area contributed by atoms with Crippen molar-refractivity contribution in [1.29, 1.82) is 0 Å². The SMILES string of the molecule is CC/C=C/CC/C=C/CC/C=C/C(O)C(COC1OC(CO)C(OC2OC(CO)C(OC3OC(CO)C(O)C(O)C3O)C(O)C2O)C(O)C1O)NC(=O)CCCCCCCCCCCCCCCCCCCCCCCCCCCCCCC/C=C\CCCCCCCCCC. The van der Waals surface area contributed by atoms with Gasteiger partial charge in [0.15, 0.2) is 18.9 Å². The molecule has 3 heterocycles. The van der Waals surface area contributed by atoms with E-state index in [1.54, 1.807) is 6.08 Å². The summed E-state index contributed by atoms with van der Waals surface area (Å²) < 4.78 is 34.3. The average Bonchev–Trinajstić information content (AvgIpc) is 0.802. The standard InChI is InChI=1S/C77H141NO18/c1-3-5-7-9-11-13-15-16-17-18-19-20-21-22-23-24-25-26-27-28-29-30-31-32-33-34-35-36-37-38-39-40-41-42-43-44-45-47-49-51-53-55-65(83)78-60(61(82)54-52-50-48-46-14-12-10-8-6-4-2)59-91-75-71(89)68(86)73(63(57-80)93-75)96-77-72(90)69(87)74(64(58-81)94-77)95-76-70(88)67(85)66(84)62(56-79)92-76/h6,8,14,18-19,46,52,54,60-64,66-77,79-82,84-90H,3-5,7,9-13,15-17,20-45,47-51,53,55-59H2,1-2H3,(H,78,83)/b8-6+,19-18-,46-14+,54-52+. The van der Waals surface area contributed by atoms with Gasteiger partial charge in [-0.2, -0.15) is 0 Å². The number of carbonyl (C=O) groups is 1. The minimum atomic E-state index is -1.98. The van der Waals surface area contributed by atoms with Crippen LogP contribution < -0.4 is 5.32 Å². The van der Waals surface area contributed by atoms with Gasteiger partial charge >= 0.3 is 0 Å². The van der Waals surface area contributed by atoms with E-state index in [4.69, 9.17) is 28.4 Å². The minimum absolute atomic E-state index is 0.234. The van der Waals surface area contributed by atoms with Crippen LogP contribution in [0.5, 0.6) is 0 Å². The van der Waals surface area contributed by atoms with Gasteiger partial charge in [-0.1, -0.05) is 281 Å². The van der Waals surface area contributed by atoms with Gasteiger partial charge in [0.05, 0.1) is 38.6 Å². The van der Waals surface area contributed by atoms with Crippen molar-refractivity contribution < 1.29 is 89.4 Å². The van der Waals surface area contributed by atoms with Crippen LogP contribution in [0.2, 0.25) is 0 Å². The lowest BCUT2D eigenvalue weighted by Gasteiger charge is -2.48. The highest BCUT2D eigenvalue weighted by molar-refractivity contribution is 5.76. The molecule has 3 aliphatic rings. The Morgan fingerprint density at radius 1 is 0.375 bits per heavy atom. The van der Waals surface area contributed by atoms with Crippen molar-refractivity contribution in [3.8, 4) is 0 Å². The molecule has 3 fully saturated rings. The first-order valence-electron chi connectivity index (χ1n) is 38.9. The van der Waals surface area contributed by atoms with Crippen molar-refractivity contribution >= 4 is 5.91 Å². The largest absolute Gasteiger partial charge is 0.394 e. The van der Waals surface area contributed by atoms with E-state index in [0.717, 1.165) is 44.9 Å². The van der Waals surface area contributed by atoms with Crippen LogP contribution in [-0.2, 0) is 33.2 Å². The van der Waals surface area contributed by atoms with Crippen LogP contribution in [0.4, 0.5) is 0 Å². The highest BCUT2D eigenvalue weighted by Gasteiger charge is 2.53. The summed E-state index contributed by atoms with van der Waals surface area (Å²) in [7, 11) is 0. The van der Waals surface area contributed by atoms with Crippen molar-refractivity contribution in [3.63, 3.8) is 0 Å². The van der Waals surface area contributed by atoms with Gasteiger partial charge in [-0.25, -0.2) is 0 Å². The number of unbranched alkanes of at least 4 members (excludes halogenated alkanes) is 39. The van der Waals surface area contributed by atoms with Crippen LogP contribution >= 0.6 is 0 Å². The molecule has 0 aromatic rings. The Hall–Kier alpha value is -2.25. The Morgan fingerprint density at radius 2 is 0.698 bits per heavy atom. The summed E-state index contributed by atoms with van der Waals surface area (Å²) in [6, 6.07) is -0.994. The molecule has 0 saturated carbocycles. The third-order valence-corrected chi connectivity index (χ3v) is 19.3. The summed E-state index contributed by atoms with van der Waals surface area (Å²) in [4.78, 5) is 13.4. The van der Waals surface area contributed by atoms with Crippen LogP contribution in [0.25, 0.3) is 0 Å². The Balaban J connectivity index is 1.24. The van der Waals surface area contributed by atoms with Gasteiger partial charge in [0.1, 0.15) is 73.2 Å². The lowest BCUT2D eigenvalue weighted by molar-refractivity contribution is -0.379. The van der Waals surface area contributed by atoms with Crippen molar-refractivity contribution in [1.82, 2.24) is 5.32 Å². The maximum Gasteiger partial charge on any atom is 0.220 e. The molecule has 1 amide bonds. The molecule has 0 aromatic carbocycles. The zero-order valence-electron chi connectivity index (χ0n) is 59.9. The Labute approximate surface area is 580 Å². The molecular weight excluding hydrogens is 1230 g/mol. The maximum absolute atomic E-state index is 13.4. The number of ether oxygens (including phenoxy) is 6. The van der Waals surface area contributed by atoms with Gasteiger partial charge in [0.2, 0.25) is 5.91 Å². The second-order valence-electron chi connectivity index (χ2n) is 27.8. The third-order valence-electron chi connectivity index (χ3n) is 19.3. The van der Waals surface area contributed by atoms with E-state index >= 15 is 0 Å². The van der Waals surface area contributed by atoms with E-state index in [9.17, 15) is 61.0 Å². The normalized spacial score (nSPS) is 27.3. The highest BCUT2D eigenvalue weighted by Crippen LogP contribution is 2.33. The van der Waals surface area contributed by atoms with Crippen LogP contribution in [0.1, 0.15) is 303 Å². The molecule has 0 aromatic heterocycles. The van der Waals surface area contributed by atoms with E-state index < -0.39 is 124 Å². The van der Waals surface area contributed by atoms with E-state index in [0.29, 0.717) is 12.8 Å². The van der Waals surface area contributed by atoms with Gasteiger partial charge in [0.25, 0.3) is 0 Å². The Bertz CT molecular complexity index is 1930. The molecule has 17 atom stereocenters. The smallest absolute Gasteiger partial charge is 0.220 e. The molecule has 19 nitrogen and oxygen atoms in total. The number of amides is 1. The maximum atomic E-state index is 13.4. The number of allylic oxidation sites excluding steroid dienone is 7. The first-order valence-corrected chi connectivity index (χ1v) is 38.9. The molecule has 96 heavy (non-hydrogen) atoms. The summed E-state index contributed by atoms with van der Waals surface area (Å²) in [5.74, 6) is -0.288. The molecule has 3 saturated heterocycles. The summed E-state index contributed by atoms with van der Waals surface area (Å²) in [5.41, 5.74) is 0. The molecule has 0 aliphatic carbocycles. The fraction of sp³-hybridized carbons (Fsp3) is 0.883. The molecule has 12 N–H and O–H groups in total. The van der Waals surface area contributed by atoms with E-state index in [1.807, 2.05) is 6.08 Å². The van der Waals surface area contributed by atoms with Crippen LogP contribution in [0.15, 0.2) is 48.6 Å². The third kappa shape index (κ3) is 38.7. The van der Waals surface area contributed by atoms with Gasteiger partial charge in [0, 0.05) is 6.42 Å². The summed E-state index contributed by atoms with van der Waals surface area (Å²) in [6.07, 6.45) is 46.2. The quantitative estimate of drug-likeness (QED) is 0.0199. The van der Waals surface area contributed by atoms with Crippen molar-refractivity contribution in [2.45, 2.75) is 407 Å². The zero-order chi connectivity index (χ0) is 69.6. The molecule has 3 aliphatic heterocycles. The Kier molecular flexibility index (Phi) is 53.4. The van der Waals surface area contributed by atoms with E-state index in [1.165, 1.54) is 225 Å². The number of aliphatic hydroxyl groups is 11. The van der Waals surface area contributed by atoms with Gasteiger partial charge in [-0.15, -0.1) is 0 Å². The van der Waals surface area contributed by atoms with Gasteiger partial charge in [-0.05, 0) is 64.2 Å². The number of aliphatic hydroxyl groups excluding tert-OH is 11. The number of rotatable bonds is 61. The lowest BCUT2D eigenvalue weighted by atomic mass is 9.96. The first kappa shape index (κ1) is 88.0. The van der Waals surface area contributed by atoms with E-state index in [-0.39, 0.29) is 18.9 Å². The van der Waals surface area contributed by atoms with Gasteiger partial charge in [-0.3, -0.25) is 4.79 Å². The number of nitrogens with one attached hydrogen (secondary N) is 1. The molecule has 0 spiro atoms. The monoisotopic (exact) mass is 1370 g/mol. The van der Waals surface area contributed by atoms with Crippen LogP contribution in [0.3, 0.4) is 0 Å². The van der Waals surface area contributed by atoms with E-state index in [2.05, 4.69) is 55.6 Å². The molecule has 3 rings (SSSR count). The summed E-state index contributed by atoms with van der Waals surface area (Å²) in [6.45, 7) is 1.59. The second kappa shape index (κ2) is 58.3. The molecule has 17 unspecified atom stereocenters. The fourth-order valence-corrected chi connectivity index (χ4v) is 13.1. The fourth-order valence-electron chi connectivity index (χ4n) is 13.1. The topological polar surface area (TPSA) is 307 Å². The second-order valence-corrected chi connectivity index (χ2v) is 27.8. The van der Waals surface area contributed by atoms with Crippen molar-refractivity contribution in [2.75, 3.05) is 26.4 Å². The molecule has 0 bridgehead atoms. The van der Waals surface area contributed by atoms with Crippen LogP contribution in [-0.4, -0.2) is 193 Å². The lowest BCUT2D eigenvalue weighted by Crippen LogP contribution is -2.66. The minimum Gasteiger partial charge on any atom is -0.394 e. The predicted octanol–water partition coefficient (Wildman–Crippen LogP) is 12.1. The molecule has 562 valence electrons. The zero-order valence-corrected chi connectivity index (χ0v) is 59.9. The Morgan fingerprint density at radius 3 is 1.09 bits per heavy atom. The van der Waals surface area contributed by atoms with Crippen LogP contribution in [0, 0.1) is 0 Å². The average molecular weight is 1370 g/mol. The summed E-state index contributed by atoms with van der Waals surface area (Å²) >= 11 is 0. The number of carbonyl (C=O) groups excluding carboxylic acids is 1. The predicted molar refractivity (Wildman–Crippen MR) is 379 cm³/mol. The van der Waals surface area contributed by atoms with Crippen molar-refractivity contribution in [2.24, 2.45) is 0 Å². The molecule has 0 radical (unpaired) electrons. The number of hydrogen-bond donors (Lipinski definition) is 12. The molecule has 19 heteroatoms. The first-order chi connectivity index (χ1) is 46.8. The van der Waals surface area contributed by atoms with Gasteiger partial charge < -0.3 is 89.9 Å².